The molecule has 0 saturated carbocycles. The Hall–Kier alpha value is -0.831. The van der Waals surface area contributed by atoms with E-state index in [9.17, 15) is 4.79 Å². The molecular weight excluding hydrogens is 272 g/mol. The number of ether oxygens (including phenoxy) is 1. The van der Waals surface area contributed by atoms with Gasteiger partial charge in [0.15, 0.2) is 0 Å². The summed E-state index contributed by atoms with van der Waals surface area (Å²) in [5.74, 6) is 0. The molecule has 7 heteroatoms. The summed E-state index contributed by atoms with van der Waals surface area (Å²) in [6.45, 7) is 16.5. The minimum absolute atomic E-state index is 0. The molecule has 0 unspecified atom stereocenters. The van der Waals surface area contributed by atoms with Gasteiger partial charge in [0.05, 0.1) is 6.10 Å². The summed E-state index contributed by atoms with van der Waals surface area (Å²) < 4.78 is 26.9. The Bertz CT molecular complexity index is 163. The second kappa shape index (κ2) is 45.6. The van der Waals surface area contributed by atoms with Gasteiger partial charge in [-0.05, 0) is 19.8 Å². The predicted molar refractivity (Wildman–Crippen MR) is 48.0 cm³/mol. The van der Waals surface area contributed by atoms with Crippen LogP contribution in [0.15, 0.2) is 0 Å². The zero-order chi connectivity index (χ0) is 13.8. The maximum Gasteiger partial charge on any atom is 2.00 e. The Balaban J connectivity index is -0.0000000594. The monoisotopic (exact) mass is 282 g/mol. The van der Waals surface area contributed by atoms with E-state index in [1.807, 2.05) is 0 Å². The summed E-state index contributed by atoms with van der Waals surface area (Å²) in [5.41, 5.74) is 0. The summed E-state index contributed by atoms with van der Waals surface area (Å²) in [7, 11) is 0. The molecule has 0 saturated heterocycles. The number of hydrogen-bond acceptors (Lipinski definition) is 3. The molecule has 0 bridgehead atoms. The molecule has 0 aliphatic heterocycles. The van der Waals surface area contributed by atoms with Crippen LogP contribution < -0.4 is 0 Å². The van der Waals surface area contributed by atoms with Crippen molar-refractivity contribution in [3.05, 3.63) is 39.2 Å². The van der Waals surface area contributed by atoms with Gasteiger partial charge in [0.1, 0.15) is 0 Å². The van der Waals surface area contributed by atoms with Crippen LogP contribution in [0.4, 0.5) is 0 Å². The van der Waals surface area contributed by atoms with Crippen LogP contribution in [-0.2, 0) is 40.6 Å². The molecule has 6 nitrogen and oxygen atoms in total. The number of carbonyl (C=O) groups excluding carboxylic acids is 1. The van der Waals surface area contributed by atoms with Gasteiger partial charge in [0.25, 0.3) is 0 Å². The van der Waals surface area contributed by atoms with Crippen molar-refractivity contribution in [1.82, 2.24) is 0 Å². The molecule has 3 radical (unpaired) electrons. The smallest absolute Gasteiger partial charge is 2.00 e. The largest absolute Gasteiger partial charge is 2.00 e. The summed E-state index contributed by atoms with van der Waals surface area (Å²) in [5, 5.41) is 8.28. The van der Waals surface area contributed by atoms with E-state index in [4.69, 9.17) is 19.1 Å². The maximum atomic E-state index is 9.61. The molecule has 0 spiro atoms. The van der Waals surface area contributed by atoms with E-state index in [1.54, 1.807) is 26.2 Å². The van der Waals surface area contributed by atoms with Gasteiger partial charge >= 0.3 is 51.0 Å². The molecule has 93 valence electrons. The molecular formula is C10H10FeO6+. The molecule has 0 aromatic heterocycles. The number of rotatable bonds is 6. The van der Waals surface area contributed by atoms with Crippen molar-refractivity contribution in [1.29, 1.82) is 0 Å². The fourth-order valence-corrected chi connectivity index (χ4v) is 0.411. The zero-order valence-corrected chi connectivity index (χ0v) is 9.96. The van der Waals surface area contributed by atoms with E-state index in [0.717, 1.165) is 0 Å². The minimum Gasteiger partial charge on any atom is 2.00 e. The van der Waals surface area contributed by atoms with Crippen LogP contribution in [0.25, 0.3) is 0 Å². The van der Waals surface area contributed by atoms with Gasteiger partial charge in [-0.15, -0.1) is 0 Å². The first-order valence-corrected chi connectivity index (χ1v) is 3.56. The first-order chi connectivity index (χ1) is 7.81. The molecule has 17 heavy (non-hydrogen) atoms. The van der Waals surface area contributed by atoms with Gasteiger partial charge in [-0.25, -0.2) is 0 Å². The van der Waals surface area contributed by atoms with E-state index in [1.165, 1.54) is 6.47 Å². The van der Waals surface area contributed by atoms with Crippen molar-refractivity contribution in [3.63, 3.8) is 0 Å². The third kappa shape index (κ3) is 51.2. The SMILES string of the molecule is C[C@H]([CH][CH][CH]CO)O[C-]=O.[C-]#[O+].[C-]#[O+].[C-]#[O+].[Fe+2]. The normalized spacial score (nSPS) is 7.76. The summed E-state index contributed by atoms with van der Waals surface area (Å²) in [6, 6.07) is 0. The standard InChI is InChI=1S/C7H10O3.3CO.Fe/c1-7(10-6-9)4-2-3-5-8;3*1-2;/h2-4,7-8H,5H2,1H3;;;;/q-1;;;;+2/t7-;;;;/m1..../s1. The predicted octanol–water partition coefficient (Wildman–Crippen LogP) is -0.0512. The minimum atomic E-state index is -0.278. The zero-order valence-electron chi connectivity index (χ0n) is 8.86. The van der Waals surface area contributed by atoms with Crippen LogP contribution in [-0.4, -0.2) is 24.3 Å². The third-order valence-electron chi connectivity index (χ3n) is 0.858. The van der Waals surface area contributed by atoms with E-state index in [-0.39, 0.29) is 29.8 Å². The van der Waals surface area contributed by atoms with Gasteiger partial charge in [0, 0.05) is 13.0 Å². The van der Waals surface area contributed by atoms with E-state index in [0.29, 0.717) is 0 Å². The Labute approximate surface area is 111 Å². The fraction of sp³-hybridized carbons (Fsp3) is 0.300. The van der Waals surface area contributed by atoms with E-state index >= 15 is 0 Å². The van der Waals surface area contributed by atoms with Gasteiger partial charge in [-0.3, -0.25) is 0 Å². The average molecular weight is 282 g/mol. The van der Waals surface area contributed by atoms with Gasteiger partial charge in [-0.1, -0.05) is 6.47 Å². The molecule has 0 rings (SSSR count). The van der Waals surface area contributed by atoms with Crippen LogP contribution in [0.5, 0.6) is 0 Å². The van der Waals surface area contributed by atoms with Crippen molar-refractivity contribution in [3.8, 4) is 0 Å². The Morgan fingerprint density at radius 1 is 1.29 bits per heavy atom. The molecule has 1 atom stereocenters. The second-order valence-corrected chi connectivity index (χ2v) is 1.71. The average Bonchev–Trinajstić information content (AvgIpc) is 2.37. The van der Waals surface area contributed by atoms with E-state index in [2.05, 4.69) is 24.7 Å². The first kappa shape index (κ1) is 29.8. The Morgan fingerprint density at radius 3 is 2.00 bits per heavy atom. The first-order valence-electron chi connectivity index (χ1n) is 3.56. The molecule has 0 aliphatic carbocycles. The number of aliphatic hydroxyl groups excluding tert-OH is 1. The number of aliphatic hydroxyl groups is 1. The maximum absolute atomic E-state index is 9.61. The van der Waals surface area contributed by atoms with Crippen LogP contribution in [0.1, 0.15) is 6.92 Å². The summed E-state index contributed by atoms with van der Waals surface area (Å²) >= 11 is 0. The number of unbranched alkanes of at least 4 members (excludes halogenated alkanes) is 1. The quantitative estimate of drug-likeness (QED) is 0.319. The molecule has 0 fully saturated rings. The molecule has 0 heterocycles. The molecule has 0 aromatic carbocycles. The molecule has 1 N–H and O–H groups in total. The van der Waals surface area contributed by atoms with Crippen molar-refractivity contribution in [2.45, 2.75) is 13.0 Å². The van der Waals surface area contributed by atoms with Gasteiger partial charge in [0.2, 0.25) is 0 Å². The summed E-state index contributed by atoms with van der Waals surface area (Å²) in [6.07, 6.45) is 4.54. The van der Waals surface area contributed by atoms with Crippen LogP contribution in [0.2, 0.25) is 0 Å². The molecule has 0 aliphatic rings. The number of hydrogen-bond donors (Lipinski definition) is 1. The van der Waals surface area contributed by atoms with Crippen molar-refractivity contribution in [2.75, 3.05) is 6.61 Å². The third-order valence-corrected chi connectivity index (χ3v) is 0.858. The molecule has 0 amide bonds. The Kier molecular flexibility index (Phi) is 80.1. The fourth-order valence-electron chi connectivity index (χ4n) is 0.411. The Morgan fingerprint density at radius 2 is 1.71 bits per heavy atom. The van der Waals surface area contributed by atoms with Gasteiger partial charge in [-0.2, -0.15) is 0 Å². The van der Waals surface area contributed by atoms with Crippen LogP contribution in [0, 0.1) is 39.2 Å². The van der Waals surface area contributed by atoms with Crippen molar-refractivity contribution >= 4 is 6.47 Å². The summed E-state index contributed by atoms with van der Waals surface area (Å²) in [4.78, 5) is 9.61. The van der Waals surface area contributed by atoms with Gasteiger partial charge < -0.3 is 14.6 Å². The van der Waals surface area contributed by atoms with E-state index < -0.39 is 0 Å². The van der Waals surface area contributed by atoms with Crippen molar-refractivity contribution < 1.29 is 45.7 Å². The van der Waals surface area contributed by atoms with Crippen LogP contribution in [0.3, 0.4) is 0 Å². The second-order valence-electron chi connectivity index (χ2n) is 1.71. The van der Waals surface area contributed by atoms with Crippen LogP contribution >= 0.6 is 0 Å². The van der Waals surface area contributed by atoms with Crippen molar-refractivity contribution in [2.24, 2.45) is 0 Å². The molecule has 0 aromatic rings. The topological polar surface area (TPSA) is 106 Å².